The number of alkyl halides is 3. The smallest absolute Gasteiger partial charge is 0.416 e. The Morgan fingerprint density at radius 1 is 1.27 bits per heavy atom. The summed E-state index contributed by atoms with van der Waals surface area (Å²) in [5.74, 6) is -0.834. The topological polar surface area (TPSA) is 58.6 Å². The van der Waals surface area contributed by atoms with Gasteiger partial charge in [0, 0.05) is 24.5 Å². The number of halogens is 4. The molecule has 0 aromatic heterocycles. The molecule has 0 saturated carbocycles. The molecule has 1 heterocycles. The third-order valence-corrected chi connectivity index (χ3v) is 4.95. The van der Waals surface area contributed by atoms with Crippen LogP contribution >= 0.6 is 11.6 Å². The lowest BCUT2D eigenvalue weighted by molar-refractivity contribution is -0.137. The zero-order valence-electron chi connectivity index (χ0n) is 16.1. The van der Waals surface area contributed by atoms with Crippen molar-refractivity contribution in [1.82, 2.24) is 4.90 Å². The molecule has 0 bridgehead atoms. The third kappa shape index (κ3) is 5.24. The van der Waals surface area contributed by atoms with E-state index < -0.39 is 17.7 Å². The summed E-state index contributed by atoms with van der Waals surface area (Å²) in [6, 6.07) is 9.65. The number of nitrogens with one attached hydrogen (secondary N) is 1. The van der Waals surface area contributed by atoms with Gasteiger partial charge >= 0.3 is 6.18 Å². The van der Waals surface area contributed by atoms with E-state index in [-0.39, 0.29) is 31.3 Å². The largest absolute Gasteiger partial charge is 0.492 e. The first-order valence-electron chi connectivity index (χ1n) is 9.34. The van der Waals surface area contributed by atoms with Gasteiger partial charge in [-0.15, -0.1) is 0 Å². The van der Waals surface area contributed by atoms with Gasteiger partial charge in [0.05, 0.1) is 23.8 Å². The maximum absolute atomic E-state index is 12.9. The molecular weight excluding hydrogens is 421 g/mol. The van der Waals surface area contributed by atoms with Crippen LogP contribution in [0.2, 0.25) is 5.02 Å². The second kappa shape index (κ2) is 8.95. The minimum Gasteiger partial charge on any atom is -0.492 e. The van der Waals surface area contributed by atoms with Crippen LogP contribution in [0, 0.1) is 5.92 Å². The lowest BCUT2D eigenvalue weighted by Crippen LogP contribution is -2.28. The van der Waals surface area contributed by atoms with Crippen molar-refractivity contribution >= 4 is 29.1 Å². The van der Waals surface area contributed by atoms with Crippen LogP contribution < -0.4 is 10.1 Å². The number of hydrogen-bond acceptors (Lipinski definition) is 3. The lowest BCUT2D eigenvalue weighted by atomic mass is 10.1. The van der Waals surface area contributed by atoms with Crippen molar-refractivity contribution in [2.45, 2.75) is 26.1 Å². The molecule has 30 heavy (non-hydrogen) atoms. The molecule has 0 aliphatic carbocycles. The van der Waals surface area contributed by atoms with Gasteiger partial charge < -0.3 is 15.0 Å². The number of carbonyl (C=O) groups is 2. The van der Waals surface area contributed by atoms with Crippen LogP contribution in [0.3, 0.4) is 0 Å². The molecule has 160 valence electrons. The Balaban J connectivity index is 1.67. The predicted molar refractivity (Wildman–Crippen MR) is 106 cm³/mol. The van der Waals surface area contributed by atoms with Gasteiger partial charge in [0.1, 0.15) is 5.75 Å². The van der Waals surface area contributed by atoms with E-state index in [2.05, 4.69) is 5.32 Å². The minimum absolute atomic E-state index is 0.00783. The summed E-state index contributed by atoms with van der Waals surface area (Å²) < 4.78 is 44.2. The Morgan fingerprint density at radius 3 is 2.73 bits per heavy atom. The number of likely N-dealkylation sites (tertiary alicyclic amines) is 1. The number of amides is 2. The van der Waals surface area contributed by atoms with E-state index in [1.165, 1.54) is 17.0 Å². The fourth-order valence-corrected chi connectivity index (χ4v) is 3.46. The van der Waals surface area contributed by atoms with E-state index in [0.29, 0.717) is 28.6 Å². The number of benzene rings is 2. The number of rotatable bonds is 6. The van der Waals surface area contributed by atoms with E-state index in [1.807, 2.05) is 6.92 Å². The predicted octanol–water partition coefficient (Wildman–Crippen LogP) is 4.74. The summed E-state index contributed by atoms with van der Waals surface area (Å²) in [7, 11) is 0. The number of nitrogens with zero attached hydrogens (tertiary/aromatic N) is 1. The maximum atomic E-state index is 12.9. The van der Waals surface area contributed by atoms with Crippen molar-refractivity contribution in [3.63, 3.8) is 0 Å². The zero-order chi connectivity index (χ0) is 21.9. The van der Waals surface area contributed by atoms with E-state index in [0.717, 1.165) is 12.1 Å². The van der Waals surface area contributed by atoms with Crippen LogP contribution in [0.15, 0.2) is 42.5 Å². The molecule has 1 saturated heterocycles. The first kappa shape index (κ1) is 22.0. The number of anilines is 1. The van der Waals surface area contributed by atoms with Crippen LogP contribution in [-0.4, -0.2) is 29.9 Å². The molecular formula is C21H20ClF3N2O3. The summed E-state index contributed by atoms with van der Waals surface area (Å²) in [4.78, 5) is 26.4. The minimum atomic E-state index is -4.46. The van der Waals surface area contributed by atoms with Gasteiger partial charge in [-0.3, -0.25) is 9.59 Å². The monoisotopic (exact) mass is 440 g/mol. The van der Waals surface area contributed by atoms with E-state index in [9.17, 15) is 22.8 Å². The van der Waals surface area contributed by atoms with E-state index in [4.69, 9.17) is 16.3 Å². The summed E-state index contributed by atoms with van der Waals surface area (Å²) in [5.41, 5.74) is -0.0174. The quantitative estimate of drug-likeness (QED) is 0.705. The molecule has 1 atom stereocenters. The number of carbonyl (C=O) groups excluding carboxylic acids is 2. The zero-order valence-corrected chi connectivity index (χ0v) is 16.9. The van der Waals surface area contributed by atoms with E-state index in [1.54, 1.807) is 18.2 Å². The summed E-state index contributed by atoms with van der Waals surface area (Å²) in [5, 5.41) is 3.15. The summed E-state index contributed by atoms with van der Waals surface area (Å²) in [6.45, 7) is 2.33. The van der Waals surface area contributed by atoms with Gasteiger partial charge in [-0.25, -0.2) is 0 Å². The Bertz CT molecular complexity index is 949. The SMILES string of the molecule is CCOc1ccc(Cl)cc1NC(=O)C1CC(=O)N(Cc2cccc(C(F)(F)F)c2)C1. The Kier molecular flexibility index (Phi) is 6.55. The van der Waals surface area contributed by atoms with Crippen molar-refractivity contribution < 1.29 is 27.5 Å². The van der Waals surface area contributed by atoms with Gasteiger partial charge in [-0.2, -0.15) is 13.2 Å². The number of hydrogen-bond donors (Lipinski definition) is 1. The molecule has 3 rings (SSSR count). The first-order valence-corrected chi connectivity index (χ1v) is 9.72. The third-order valence-electron chi connectivity index (χ3n) is 4.71. The van der Waals surface area contributed by atoms with Crippen molar-refractivity contribution in [2.24, 2.45) is 5.92 Å². The summed E-state index contributed by atoms with van der Waals surface area (Å²) >= 11 is 5.99. The van der Waals surface area contributed by atoms with Gasteiger partial charge in [-0.1, -0.05) is 23.7 Å². The number of ether oxygens (including phenoxy) is 1. The molecule has 1 aliphatic heterocycles. The van der Waals surface area contributed by atoms with Crippen LogP contribution in [0.1, 0.15) is 24.5 Å². The lowest BCUT2D eigenvalue weighted by Gasteiger charge is -2.18. The summed E-state index contributed by atoms with van der Waals surface area (Å²) in [6.07, 6.45) is -4.47. The van der Waals surface area contributed by atoms with Crippen LogP contribution in [0.25, 0.3) is 0 Å². The van der Waals surface area contributed by atoms with Crippen molar-refractivity contribution in [3.05, 3.63) is 58.6 Å². The molecule has 0 spiro atoms. The standard InChI is InChI=1S/C21H20ClF3N2O3/c1-2-30-18-7-6-16(22)10-17(18)26-20(29)14-9-19(28)27(12-14)11-13-4-3-5-15(8-13)21(23,24)25/h3-8,10,14H,2,9,11-12H2,1H3,(H,26,29). The van der Waals surface area contributed by atoms with Crippen molar-refractivity contribution in [3.8, 4) is 5.75 Å². The highest BCUT2D eigenvalue weighted by atomic mass is 35.5. The fraction of sp³-hybridized carbons (Fsp3) is 0.333. The van der Waals surface area contributed by atoms with Crippen LogP contribution in [0.4, 0.5) is 18.9 Å². The van der Waals surface area contributed by atoms with Crippen molar-refractivity contribution in [1.29, 1.82) is 0 Å². The van der Waals surface area contributed by atoms with E-state index >= 15 is 0 Å². The Labute approximate surface area is 176 Å². The molecule has 1 unspecified atom stereocenters. The Morgan fingerprint density at radius 2 is 2.03 bits per heavy atom. The highest BCUT2D eigenvalue weighted by Gasteiger charge is 2.35. The molecule has 2 aromatic carbocycles. The fourth-order valence-electron chi connectivity index (χ4n) is 3.28. The van der Waals surface area contributed by atoms with Crippen molar-refractivity contribution in [2.75, 3.05) is 18.5 Å². The second-order valence-electron chi connectivity index (χ2n) is 6.94. The van der Waals surface area contributed by atoms with Gasteiger partial charge in [0.25, 0.3) is 0 Å². The molecule has 0 radical (unpaired) electrons. The molecule has 1 N–H and O–H groups in total. The molecule has 5 nitrogen and oxygen atoms in total. The first-order chi connectivity index (χ1) is 14.2. The van der Waals surface area contributed by atoms with Crippen LogP contribution in [-0.2, 0) is 22.3 Å². The van der Waals surface area contributed by atoms with Gasteiger partial charge in [0.2, 0.25) is 11.8 Å². The molecule has 2 amide bonds. The molecule has 1 aliphatic rings. The Hall–Kier alpha value is -2.74. The highest BCUT2D eigenvalue weighted by molar-refractivity contribution is 6.31. The van der Waals surface area contributed by atoms with Gasteiger partial charge in [-0.05, 0) is 42.8 Å². The average Bonchev–Trinajstić information content (AvgIpc) is 3.04. The maximum Gasteiger partial charge on any atom is 0.416 e. The van der Waals surface area contributed by atoms with Crippen LogP contribution in [0.5, 0.6) is 5.75 Å². The highest BCUT2D eigenvalue weighted by Crippen LogP contribution is 2.31. The average molecular weight is 441 g/mol. The second-order valence-corrected chi connectivity index (χ2v) is 7.37. The molecule has 9 heteroatoms. The van der Waals surface area contributed by atoms with Gasteiger partial charge in [0.15, 0.2) is 0 Å². The molecule has 1 fully saturated rings. The molecule has 2 aromatic rings. The normalized spacial score (nSPS) is 16.6.